The zero-order valence-electron chi connectivity index (χ0n) is 11.7. The van der Waals surface area contributed by atoms with Gasteiger partial charge < -0.3 is 10.2 Å². The number of carbonyl (C=O) groups is 2. The number of nitrogens with one attached hydrogen (secondary N) is 2. The van der Waals surface area contributed by atoms with E-state index in [9.17, 15) is 9.59 Å². The van der Waals surface area contributed by atoms with Crippen LogP contribution in [-0.2, 0) is 4.79 Å². The maximum Gasteiger partial charge on any atom is 0.257 e. The highest BCUT2D eigenvalue weighted by Gasteiger charge is 2.36. The molecule has 2 amide bonds. The van der Waals surface area contributed by atoms with Crippen LogP contribution in [0.5, 0.6) is 0 Å². The van der Waals surface area contributed by atoms with Gasteiger partial charge in [0.25, 0.3) is 5.91 Å². The number of hydrogen-bond donors (Lipinski definition) is 2. The minimum absolute atomic E-state index is 0.0162. The summed E-state index contributed by atoms with van der Waals surface area (Å²) in [4.78, 5) is 30.5. The molecule has 2 aromatic rings. The molecule has 0 unspecified atom stereocenters. The number of carbonyl (C=O) groups excluding carboxylic acids is 2. The van der Waals surface area contributed by atoms with E-state index in [-0.39, 0.29) is 17.9 Å². The predicted molar refractivity (Wildman–Crippen MR) is 85.5 cm³/mol. The molecule has 22 heavy (non-hydrogen) atoms. The summed E-state index contributed by atoms with van der Waals surface area (Å²) in [7, 11) is 0. The Kier molecular flexibility index (Phi) is 3.07. The standard InChI is InChI=1S/C15H14N4O2S/c20-13(18-15-16-5-7-22-15)9-3-4-11-10(8-9)17-14(21)12-2-1-6-19(11)12/h3-5,7-8,12H,1-2,6H2,(H,17,21)(H,16,18,20)/t12-/m1/s1. The Morgan fingerprint density at radius 3 is 3.18 bits per heavy atom. The molecule has 1 aromatic heterocycles. The molecule has 112 valence electrons. The molecule has 1 atom stereocenters. The van der Waals surface area contributed by atoms with Crippen LogP contribution in [0.15, 0.2) is 29.8 Å². The molecule has 1 saturated heterocycles. The molecule has 2 aliphatic heterocycles. The third-order valence-corrected chi connectivity index (χ3v) is 4.72. The molecule has 2 aliphatic rings. The minimum atomic E-state index is -0.226. The highest BCUT2D eigenvalue weighted by Crippen LogP contribution is 2.37. The van der Waals surface area contributed by atoms with Gasteiger partial charge in [0, 0.05) is 23.7 Å². The van der Waals surface area contributed by atoms with E-state index < -0.39 is 0 Å². The van der Waals surface area contributed by atoms with Gasteiger partial charge in [0.1, 0.15) is 6.04 Å². The van der Waals surface area contributed by atoms with Crippen molar-refractivity contribution in [2.24, 2.45) is 0 Å². The molecular weight excluding hydrogens is 300 g/mol. The van der Waals surface area contributed by atoms with Gasteiger partial charge in [0.2, 0.25) is 5.91 Å². The van der Waals surface area contributed by atoms with Gasteiger partial charge in [-0.3, -0.25) is 14.9 Å². The molecule has 2 N–H and O–H groups in total. The van der Waals surface area contributed by atoms with Crippen molar-refractivity contribution in [3.8, 4) is 0 Å². The Bertz CT molecular complexity index is 744. The number of anilines is 3. The van der Waals surface area contributed by atoms with Crippen molar-refractivity contribution < 1.29 is 9.59 Å². The third kappa shape index (κ3) is 2.14. The number of nitrogens with zero attached hydrogens (tertiary/aromatic N) is 2. The van der Waals surface area contributed by atoms with E-state index in [1.807, 2.05) is 6.07 Å². The SMILES string of the molecule is O=C(Nc1nccs1)c1ccc2c(c1)NC(=O)[C@H]1CCCN21. The van der Waals surface area contributed by atoms with Gasteiger partial charge in [0.15, 0.2) is 5.13 Å². The lowest BCUT2D eigenvalue weighted by Crippen LogP contribution is -2.43. The van der Waals surface area contributed by atoms with Crippen LogP contribution in [0.25, 0.3) is 0 Å². The summed E-state index contributed by atoms with van der Waals surface area (Å²) in [6, 6.07) is 5.35. The first-order valence-corrected chi connectivity index (χ1v) is 8.03. The molecule has 0 bridgehead atoms. The van der Waals surface area contributed by atoms with Crippen molar-refractivity contribution in [3.05, 3.63) is 35.3 Å². The smallest absolute Gasteiger partial charge is 0.257 e. The molecule has 0 radical (unpaired) electrons. The van der Waals surface area contributed by atoms with Gasteiger partial charge in [-0.25, -0.2) is 4.98 Å². The van der Waals surface area contributed by atoms with Crippen LogP contribution in [0.2, 0.25) is 0 Å². The molecule has 1 fully saturated rings. The van der Waals surface area contributed by atoms with E-state index in [2.05, 4.69) is 20.5 Å². The molecule has 1 aromatic carbocycles. The summed E-state index contributed by atoms with van der Waals surface area (Å²) in [6.45, 7) is 0.885. The van der Waals surface area contributed by atoms with Gasteiger partial charge in [0.05, 0.1) is 11.4 Å². The Morgan fingerprint density at radius 1 is 1.45 bits per heavy atom. The minimum Gasteiger partial charge on any atom is -0.358 e. The fraction of sp³-hybridized carbons (Fsp3) is 0.267. The summed E-state index contributed by atoms with van der Waals surface area (Å²) >= 11 is 1.37. The summed E-state index contributed by atoms with van der Waals surface area (Å²) in [5.41, 5.74) is 2.20. The molecule has 0 saturated carbocycles. The fourth-order valence-corrected chi connectivity index (χ4v) is 3.55. The van der Waals surface area contributed by atoms with Gasteiger partial charge >= 0.3 is 0 Å². The van der Waals surface area contributed by atoms with Crippen molar-refractivity contribution in [1.82, 2.24) is 4.98 Å². The van der Waals surface area contributed by atoms with E-state index in [1.165, 1.54) is 11.3 Å². The fourth-order valence-electron chi connectivity index (χ4n) is 3.03. The molecule has 6 nitrogen and oxygen atoms in total. The number of fused-ring (bicyclic) bond motifs is 3. The van der Waals surface area contributed by atoms with E-state index >= 15 is 0 Å². The zero-order valence-corrected chi connectivity index (χ0v) is 12.5. The largest absolute Gasteiger partial charge is 0.358 e. The maximum atomic E-state index is 12.2. The molecule has 7 heteroatoms. The highest BCUT2D eigenvalue weighted by molar-refractivity contribution is 7.13. The lowest BCUT2D eigenvalue weighted by molar-refractivity contribution is -0.117. The average Bonchev–Trinajstić information content (AvgIpc) is 3.18. The molecule has 4 rings (SSSR count). The topological polar surface area (TPSA) is 74.3 Å². The van der Waals surface area contributed by atoms with Crippen LogP contribution in [-0.4, -0.2) is 29.4 Å². The van der Waals surface area contributed by atoms with Crippen LogP contribution in [0.4, 0.5) is 16.5 Å². The first-order chi connectivity index (χ1) is 10.7. The van der Waals surface area contributed by atoms with E-state index in [0.717, 1.165) is 25.1 Å². The van der Waals surface area contributed by atoms with Crippen molar-refractivity contribution in [2.45, 2.75) is 18.9 Å². The normalized spacial score (nSPS) is 19.4. The van der Waals surface area contributed by atoms with Crippen LogP contribution < -0.4 is 15.5 Å². The van der Waals surface area contributed by atoms with Crippen LogP contribution in [0.3, 0.4) is 0 Å². The third-order valence-electron chi connectivity index (χ3n) is 4.03. The number of thiazole rings is 1. The van der Waals surface area contributed by atoms with Gasteiger partial charge in [-0.05, 0) is 31.0 Å². The van der Waals surface area contributed by atoms with Crippen molar-refractivity contribution in [1.29, 1.82) is 0 Å². The lowest BCUT2D eigenvalue weighted by Gasteiger charge is -2.33. The highest BCUT2D eigenvalue weighted by atomic mass is 32.1. The zero-order chi connectivity index (χ0) is 15.1. The summed E-state index contributed by atoms with van der Waals surface area (Å²) < 4.78 is 0. The first-order valence-electron chi connectivity index (χ1n) is 7.15. The van der Waals surface area contributed by atoms with Gasteiger partial charge in [-0.2, -0.15) is 0 Å². The van der Waals surface area contributed by atoms with E-state index in [0.29, 0.717) is 16.4 Å². The monoisotopic (exact) mass is 314 g/mol. The first kappa shape index (κ1) is 13.3. The average molecular weight is 314 g/mol. The second kappa shape index (κ2) is 5.10. The number of rotatable bonds is 2. The second-order valence-corrected chi connectivity index (χ2v) is 6.26. The van der Waals surface area contributed by atoms with Crippen LogP contribution in [0, 0.1) is 0 Å². The Hall–Kier alpha value is -2.41. The second-order valence-electron chi connectivity index (χ2n) is 5.36. The number of hydrogen-bond acceptors (Lipinski definition) is 5. The molecule has 3 heterocycles. The van der Waals surface area contributed by atoms with Gasteiger partial charge in [-0.1, -0.05) is 0 Å². The number of aromatic nitrogens is 1. The van der Waals surface area contributed by atoms with E-state index in [4.69, 9.17) is 0 Å². The maximum absolute atomic E-state index is 12.2. The Morgan fingerprint density at radius 2 is 2.36 bits per heavy atom. The molecule has 0 aliphatic carbocycles. The van der Waals surface area contributed by atoms with Gasteiger partial charge in [-0.15, -0.1) is 11.3 Å². The van der Waals surface area contributed by atoms with Crippen molar-refractivity contribution in [2.75, 3.05) is 22.1 Å². The quantitative estimate of drug-likeness (QED) is 0.892. The van der Waals surface area contributed by atoms with Crippen LogP contribution >= 0.6 is 11.3 Å². The Labute approximate surface area is 131 Å². The van der Waals surface area contributed by atoms with E-state index in [1.54, 1.807) is 23.7 Å². The molecular formula is C15H14N4O2S. The van der Waals surface area contributed by atoms with Crippen molar-refractivity contribution >= 4 is 39.7 Å². The predicted octanol–water partition coefficient (Wildman–Crippen LogP) is 2.32. The Balaban J connectivity index is 1.63. The van der Waals surface area contributed by atoms with Crippen molar-refractivity contribution in [3.63, 3.8) is 0 Å². The summed E-state index contributed by atoms with van der Waals surface area (Å²) in [6.07, 6.45) is 3.54. The summed E-state index contributed by atoms with van der Waals surface area (Å²) in [5, 5.41) is 8.02. The summed E-state index contributed by atoms with van der Waals surface area (Å²) in [5.74, 6) is -0.210. The number of amides is 2. The van der Waals surface area contributed by atoms with Crippen LogP contribution in [0.1, 0.15) is 23.2 Å². The molecule has 0 spiro atoms. The lowest BCUT2D eigenvalue weighted by atomic mass is 10.1. The number of benzene rings is 1.